The van der Waals surface area contributed by atoms with Gasteiger partial charge in [-0.1, -0.05) is 54.1 Å². The summed E-state index contributed by atoms with van der Waals surface area (Å²) in [5.41, 5.74) is 3.09. The minimum absolute atomic E-state index is 0. The Morgan fingerprint density at radius 1 is 1.16 bits per heavy atom. The van der Waals surface area contributed by atoms with Gasteiger partial charge in [0.25, 0.3) is 0 Å². The molecule has 3 aliphatic heterocycles. The lowest BCUT2D eigenvalue weighted by molar-refractivity contribution is -0.984. The number of aliphatic hydroxyl groups excluding tert-OH is 1. The smallest absolute Gasteiger partial charge is 0.131 e. The van der Waals surface area contributed by atoms with Crippen molar-refractivity contribution in [2.24, 2.45) is 11.8 Å². The van der Waals surface area contributed by atoms with E-state index < -0.39 is 6.10 Å². The molecule has 1 unspecified atom stereocenters. The lowest BCUT2D eigenvalue weighted by atomic mass is 9.71. The second-order valence-electron chi connectivity index (χ2n) is 8.99. The van der Waals surface area contributed by atoms with Crippen LogP contribution >= 0.6 is 11.6 Å². The van der Waals surface area contributed by atoms with Crippen LogP contribution in [0.2, 0.25) is 5.02 Å². The number of hydrogen-bond acceptors (Lipinski definition) is 2. The second kappa shape index (κ2) is 9.03. The highest BCUT2D eigenvalue weighted by molar-refractivity contribution is 6.31. The van der Waals surface area contributed by atoms with Gasteiger partial charge in [0.1, 0.15) is 18.7 Å². The van der Waals surface area contributed by atoms with E-state index in [0.717, 1.165) is 52.0 Å². The predicted octanol–water partition coefficient (Wildman–Crippen LogP) is 2.54. The van der Waals surface area contributed by atoms with Crippen molar-refractivity contribution in [1.82, 2.24) is 4.98 Å². The molecule has 1 aromatic heterocycles. The van der Waals surface area contributed by atoms with Gasteiger partial charge < -0.3 is 26.6 Å². The molecular formula is C26H28BrClN2O. The second-order valence-corrected chi connectivity index (χ2v) is 9.39. The molecule has 3 aliphatic rings. The molecular weight excluding hydrogens is 472 g/mol. The van der Waals surface area contributed by atoms with Crippen LogP contribution in [0, 0.1) is 11.8 Å². The van der Waals surface area contributed by atoms with Gasteiger partial charge in [0.2, 0.25) is 0 Å². The van der Waals surface area contributed by atoms with E-state index >= 15 is 0 Å². The zero-order chi connectivity index (χ0) is 20.7. The van der Waals surface area contributed by atoms with Crippen LogP contribution in [0.3, 0.4) is 0 Å². The Labute approximate surface area is 199 Å². The maximum absolute atomic E-state index is 11.7. The quantitative estimate of drug-likeness (QED) is 0.432. The number of halogens is 2. The Bertz CT molecular complexity index is 1080. The summed E-state index contributed by atoms with van der Waals surface area (Å²) >= 11 is 6.57. The molecule has 3 nitrogen and oxygen atoms in total. The van der Waals surface area contributed by atoms with E-state index in [1.165, 1.54) is 12.0 Å². The van der Waals surface area contributed by atoms with Crippen LogP contribution in [-0.4, -0.2) is 33.7 Å². The number of fused-ring (bicyclic) bond motifs is 4. The maximum atomic E-state index is 11.7. The third-order valence-corrected chi connectivity index (χ3v) is 7.85. The first-order valence-corrected chi connectivity index (χ1v) is 11.2. The standard InChI is InChI=1S/C26H28ClN2O.BrH/c1-2-18-16-29(17-20-7-3-5-9-23(20)27)14-12-19(18)15-25(29)26(30)22-11-13-28-24-10-6-4-8-21(22)24;/h2-11,13,18-19,25-26,30H,1,12,14-17H2;1H/q+1;/p-1/t18-,19-,25+,26-,29?;/m0./s1. The zero-order valence-electron chi connectivity index (χ0n) is 17.5. The van der Waals surface area contributed by atoms with Gasteiger partial charge in [0.15, 0.2) is 0 Å². The van der Waals surface area contributed by atoms with Gasteiger partial charge in [-0.2, -0.15) is 0 Å². The molecule has 0 radical (unpaired) electrons. The minimum Gasteiger partial charge on any atom is -1.00 e. The Morgan fingerprint density at radius 3 is 2.74 bits per heavy atom. The largest absolute Gasteiger partial charge is 1.00 e. The van der Waals surface area contributed by atoms with Crippen LogP contribution in [-0.2, 0) is 6.54 Å². The van der Waals surface area contributed by atoms with E-state index in [4.69, 9.17) is 11.6 Å². The number of quaternary nitrogens is 1. The number of aliphatic hydroxyl groups is 1. The predicted molar refractivity (Wildman–Crippen MR) is 122 cm³/mol. The van der Waals surface area contributed by atoms with Crippen molar-refractivity contribution in [1.29, 1.82) is 0 Å². The van der Waals surface area contributed by atoms with E-state index in [9.17, 15) is 5.11 Å². The van der Waals surface area contributed by atoms with E-state index in [2.05, 4.69) is 35.8 Å². The fourth-order valence-corrected chi connectivity index (χ4v) is 6.13. The first-order chi connectivity index (χ1) is 14.6. The summed E-state index contributed by atoms with van der Waals surface area (Å²) in [5.74, 6) is 1.10. The summed E-state index contributed by atoms with van der Waals surface area (Å²) in [4.78, 5) is 4.49. The number of pyridine rings is 1. The number of piperidine rings is 3. The maximum Gasteiger partial charge on any atom is 0.131 e. The summed E-state index contributed by atoms with van der Waals surface area (Å²) in [7, 11) is 0. The number of rotatable bonds is 5. The molecule has 2 bridgehead atoms. The summed E-state index contributed by atoms with van der Waals surface area (Å²) in [6, 6.07) is 18.4. The monoisotopic (exact) mass is 498 g/mol. The van der Waals surface area contributed by atoms with Crippen molar-refractivity contribution in [2.75, 3.05) is 13.1 Å². The molecule has 0 aliphatic carbocycles. The van der Waals surface area contributed by atoms with E-state index in [0.29, 0.717) is 11.8 Å². The summed E-state index contributed by atoms with van der Waals surface area (Å²) < 4.78 is 0.870. The summed E-state index contributed by atoms with van der Waals surface area (Å²) in [5, 5.41) is 13.6. The van der Waals surface area contributed by atoms with Gasteiger partial charge in [-0.05, 0) is 29.7 Å². The fourth-order valence-electron chi connectivity index (χ4n) is 5.93. The molecule has 5 heteroatoms. The molecule has 4 heterocycles. The third-order valence-electron chi connectivity index (χ3n) is 7.48. The van der Waals surface area contributed by atoms with Gasteiger partial charge in [-0.25, -0.2) is 0 Å². The first kappa shape index (κ1) is 22.5. The molecule has 1 N–H and O–H groups in total. The number of aromatic nitrogens is 1. The van der Waals surface area contributed by atoms with Crippen LogP contribution in [0.5, 0.6) is 0 Å². The number of benzene rings is 2. The molecule has 5 atom stereocenters. The van der Waals surface area contributed by atoms with E-state index in [1.807, 2.05) is 42.6 Å². The number of para-hydroxylation sites is 1. The molecule has 0 spiro atoms. The van der Waals surface area contributed by atoms with Gasteiger partial charge in [-0.15, -0.1) is 6.58 Å². The Balaban J connectivity index is 0.00000231. The molecule has 3 fully saturated rings. The molecule has 162 valence electrons. The van der Waals surface area contributed by atoms with Crippen molar-refractivity contribution >= 4 is 22.5 Å². The minimum atomic E-state index is -0.533. The lowest BCUT2D eigenvalue weighted by Gasteiger charge is -2.58. The Kier molecular flexibility index (Phi) is 6.55. The topological polar surface area (TPSA) is 33.1 Å². The van der Waals surface area contributed by atoms with Crippen LogP contribution < -0.4 is 17.0 Å². The molecule has 0 amide bonds. The average Bonchev–Trinajstić information content (AvgIpc) is 2.79. The first-order valence-electron chi connectivity index (χ1n) is 10.8. The van der Waals surface area contributed by atoms with E-state index in [1.54, 1.807) is 0 Å². The van der Waals surface area contributed by atoms with Gasteiger partial charge in [0, 0.05) is 40.9 Å². The molecule has 6 rings (SSSR count). The fraction of sp³-hybridized carbons (Fsp3) is 0.346. The van der Waals surface area contributed by atoms with Crippen molar-refractivity contribution in [3.05, 3.63) is 89.6 Å². The van der Waals surface area contributed by atoms with Crippen LogP contribution in [0.1, 0.15) is 30.1 Å². The molecule has 3 saturated heterocycles. The van der Waals surface area contributed by atoms with Crippen LogP contribution in [0.15, 0.2) is 73.4 Å². The van der Waals surface area contributed by atoms with Gasteiger partial charge in [-0.3, -0.25) is 4.98 Å². The van der Waals surface area contributed by atoms with Gasteiger partial charge >= 0.3 is 0 Å². The highest BCUT2D eigenvalue weighted by Gasteiger charge is 2.54. The van der Waals surface area contributed by atoms with Crippen molar-refractivity contribution in [3.8, 4) is 0 Å². The third kappa shape index (κ3) is 3.95. The summed E-state index contributed by atoms with van der Waals surface area (Å²) in [6.45, 7) is 7.06. The Morgan fingerprint density at radius 2 is 1.94 bits per heavy atom. The highest BCUT2D eigenvalue weighted by Crippen LogP contribution is 2.48. The SMILES string of the molecule is C=C[C@H]1C[N+]2(Cc3ccccc3Cl)CC[C@H]1C[C@@H]2[C@@H](O)c1ccnc2ccccc12.[Br-]. The van der Waals surface area contributed by atoms with Crippen molar-refractivity contribution in [3.63, 3.8) is 0 Å². The van der Waals surface area contributed by atoms with Crippen LogP contribution in [0.4, 0.5) is 0 Å². The normalized spacial score (nSPS) is 28.1. The van der Waals surface area contributed by atoms with Crippen molar-refractivity contribution in [2.45, 2.75) is 31.5 Å². The molecule has 2 aromatic carbocycles. The highest BCUT2D eigenvalue weighted by atomic mass is 79.9. The zero-order valence-corrected chi connectivity index (χ0v) is 19.8. The number of nitrogens with zero attached hydrogens (tertiary/aromatic N) is 2. The number of hydrogen-bond donors (Lipinski definition) is 1. The molecule has 0 saturated carbocycles. The van der Waals surface area contributed by atoms with Crippen LogP contribution in [0.25, 0.3) is 10.9 Å². The summed E-state index contributed by atoms with van der Waals surface area (Å²) in [6.07, 6.45) is 5.62. The van der Waals surface area contributed by atoms with E-state index in [-0.39, 0.29) is 23.0 Å². The molecule has 31 heavy (non-hydrogen) atoms. The van der Waals surface area contributed by atoms with Gasteiger partial charge in [0.05, 0.1) is 18.6 Å². The van der Waals surface area contributed by atoms with Crippen molar-refractivity contribution < 1.29 is 26.6 Å². The lowest BCUT2D eigenvalue weighted by Crippen LogP contribution is -3.00. The average molecular weight is 500 g/mol. The Hall–Kier alpha value is -1.72. The molecule has 3 aromatic rings.